The van der Waals surface area contributed by atoms with Crippen LogP contribution in [0.5, 0.6) is 0 Å². The van der Waals surface area contributed by atoms with Crippen molar-refractivity contribution < 1.29 is 0 Å². The molecule has 0 unspecified atom stereocenters. The number of anilines is 1. The van der Waals surface area contributed by atoms with E-state index in [1.54, 1.807) is 0 Å². The average Bonchev–Trinajstić information content (AvgIpc) is 2.82. The standard InChI is InChI=1S/C16H14N2S/c1-11-6-5-9-13(10-11)16-18-14(15(17)19-16)12-7-3-2-4-8-12/h2-10H,17H2,1H3. The third-order valence-corrected chi connectivity index (χ3v) is 3.90. The molecule has 0 amide bonds. The molecule has 3 rings (SSSR count). The van der Waals surface area contributed by atoms with Crippen LogP contribution in [-0.4, -0.2) is 4.98 Å². The van der Waals surface area contributed by atoms with Gasteiger partial charge in [-0.05, 0) is 13.0 Å². The van der Waals surface area contributed by atoms with Crippen LogP contribution in [0.15, 0.2) is 54.6 Å². The van der Waals surface area contributed by atoms with E-state index in [0.717, 1.165) is 26.8 Å². The minimum absolute atomic E-state index is 0.766. The molecular formula is C16H14N2S. The predicted octanol–water partition coefficient (Wildman–Crippen LogP) is 4.37. The molecule has 0 saturated heterocycles. The largest absolute Gasteiger partial charge is 0.389 e. The van der Waals surface area contributed by atoms with Gasteiger partial charge >= 0.3 is 0 Å². The molecule has 0 bridgehead atoms. The van der Waals surface area contributed by atoms with Crippen LogP contribution in [0, 0.1) is 6.92 Å². The SMILES string of the molecule is Cc1cccc(-c2nc(-c3ccccc3)c(N)s2)c1. The van der Waals surface area contributed by atoms with Gasteiger partial charge in [0.05, 0.1) is 0 Å². The van der Waals surface area contributed by atoms with Crippen molar-refractivity contribution in [3.05, 3.63) is 60.2 Å². The molecule has 94 valence electrons. The lowest BCUT2D eigenvalue weighted by atomic mass is 10.1. The van der Waals surface area contributed by atoms with Gasteiger partial charge in [0.2, 0.25) is 0 Å². The lowest BCUT2D eigenvalue weighted by molar-refractivity contribution is 1.39. The number of benzene rings is 2. The number of hydrogen-bond donors (Lipinski definition) is 1. The molecule has 2 N–H and O–H groups in total. The number of nitrogen functional groups attached to an aromatic ring is 1. The monoisotopic (exact) mass is 266 g/mol. The van der Waals surface area contributed by atoms with Crippen molar-refractivity contribution in [3.63, 3.8) is 0 Å². The zero-order chi connectivity index (χ0) is 13.2. The van der Waals surface area contributed by atoms with Gasteiger partial charge in [0.25, 0.3) is 0 Å². The highest BCUT2D eigenvalue weighted by Gasteiger charge is 2.11. The maximum atomic E-state index is 6.10. The van der Waals surface area contributed by atoms with Crippen LogP contribution in [0.3, 0.4) is 0 Å². The highest BCUT2D eigenvalue weighted by atomic mass is 32.1. The Kier molecular flexibility index (Phi) is 3.05. The Bertz CT molecular complexity index is 702. The fourth-order valence-electron chi connectivity index (χ4n) is 2.04. The van der Waals surface area contributed by atoms with Crippen LogP contribution in [0.2, 0.25) is 0 Å². The molecule has 0 aliphatic rings. The van der Waals surface area contributed by atoms with Gasteiger partial charge in [0.1, 0.15) is 15.7 Å². The molecule has 0 aliphatic carbocycles. The molecule has 0 radical (unpaired) electrons. The minimum atomic E-state index is 0.766. The van der Waals surface area contributed by atoms with Gasteiger partial charge in [-0.25, -0.2) is 4.98 Å². The Morgan fingerprint density at radius 2 is 1.68 bits per heavy atom. The Balaban J connectivity index is 2.07. The first kappa shape index (κ1) is 11.9. The summed E-state index contributed by atoms with van der Waals surface area (Å²) < 4.78 is 0. The van der Waals surface area contributed by atoms with E-state index in [4.69, 9.17) is 5.73 Å². The van der Waals surface area contributed by atoms with Crippen LogP contribution in [-0.2, 0) is 0 Å². The normalized spacial score (nSPS) is 10.6. The van der Waals surface area contributed by atoms with Gasteiger partial charge < -0.3 is 5.73 Å². The third-order valence-electron chi connectivity index (χ3n) is 2.97. The molecule has 0 spiro atoms. The maximum Gasteiger partial charge on any atom is 0.126 e. The maximum absolute atomic E-state index is 6.10. The summed E-state index contributed by atoms with van der Waals surface area (Å²) in [6.07, 6.45) is 0. The van der Waals surface area contributed by atoms with Gasteiger partial charge in [-0.3, -0.25) is 0 Å². The topological polar surface area (TPSA) is 38.9 Å². The molecule has 0 atom stereocenters. The van der Waals surface area contributed by atoms with Crippen molar-refractivity contribution in [1.82, 2.24) is 4.98 Å². The second-order valence-corrected chi connectivity index (χ2v) is 5.50. The van der Waals surface area contributed by atoms with E-state index in [-0.39, 0.29) is 0 Å². The van der Waals surface area contributed by atoms with Crippen LogP contribution >= 0.6 is 11.3 Å². The molecule has 2 aromatic carbocycles. The molecular weight excluding hydrogens is 252 g/mol. The van der Waals surface area contributed by atoms with E-state index in [1.807, 2.05) is 36.4 Å². The van der Waals surface area contributed by atoms with Gasteiger partial charge in [0.15, 0.2) is 0 Å². The first-order valence-corrected chi connectivity index (χ1v) is 6.94. The number of rotatable bonds is 2. The summed E-state index contributed by atoms with van der Waals surface area (Å²) in [5.41, 5.74) is 10.4. The number of aryl methyl sites for hydroxylation is 1. The van der Waals surface area contributed by atoms with Crippen LogP contribution in [0.4, 0.5) is 5.00 Å². The Morgan fingerprint density at radius 1 is 0.947 bits per heavy atom. The second-order valence-electron chi connectivity index (χ2n) is 4.47. The highest BCUT2D eigenvalue weighted by Crippen LogP contribution is 2.35. The lowest BCUT2D eigenvalue weighted by Gasteiger charge is -1.98. The van der Waals surface area contributed by atoms with E-state index in [2.05, 4.69) is 30.1 Å². The molecule has 1 aromatic heterocycles. The molecule has 0 aliphatic heterocycles. The Labute approximate surface area is 116 Å². The summed E-state index contributed by atoms with van der Waals surface area (Å²) in [7, 11) is 0. The molecule has 3 heteroatoms. The smallest absolute Gasteiger partial charge is 0.126 e. The van der Waals surface area contributed by atoms with E-state index in [1.165, 1.54) is 16.9 Å². The van der Waals surface area contributed by atoms with Crippen molar-refractivity contribution >= 4 is 16.3 Å². The molecule has 0 saturated carbocycles. The van der Waals surface area contributed by atoms with Gasteiger partial charge in [-0.1, -0.05) is 65.4 Å². The van der Waals surface area contributed by atoms with Gasteiger partial charge in [0, 0.05) is 11.1 Å². The number of thiazole rings is 1. The Hall–Kier alpha value is -2.13. The van der Waals surface area contributed by atoms with Crippen molar-refractivity contribution in [2.75, 3.05) is 5.73 Å². The summed E-state index contributed by atoms with van der Waals surface area (Å²) in [6.45, 7) is 2.08. The van der Waals surface area contributed by atoms with E-state index in [0.29, 0.717) is 0 Å². The van der Waals surface area contributed by atoms with E-state index >= 15 is 0 Å². The molecule has 3 aromatic rings. The van der Waals surface area contributed by atoms with Crippen molar-refractivity contribution in [2.45, 2.75) is 6.92 Å². The van der Waals surface area contributed by atoms with E-state index < -0.39 is 0 Å². The summed E-state index contributed by atoms with van der Waals surface area (Å²) in [5, 5.41) is 1.74. The fraction of sp³-hybridized carbons (Fsp3) is 0.0625. The molecule has 2 nitrogen and oxygen atoms in total. The quantitative estimate of drug-likeness (QED) is 0.748. The van der Waals surface area contributed by atoms with Crippen LogP contribution < -0.4 is 5.73 Å². The zero-order valence-electron chi connectivity index (χ0n) is 10.6. The van der Waals surface area contributed by atoms with Gasteiger partial charge in [-0.15, -0.1) is 0 Å². The van der Waals surface area contributed by atoms with Crippen molar-refractivity contribution in [2.24, 2.45) is 0 Å². The fourth-order valence-corrected chi connectivity index (χ4v) is 2.89. The first-order valence-electron chi connectivity index (χ1n) is 6.13. The minimum Gasteiger partial charge on any atom is -0.389 e. The Morgan fingerprint density at radius 3 is 2.42 bits per heavy atom. The van der Waals surface area contributed by atoms with Crippen molar-refractivity contribution in [3.8, 4) is 21.8 Å². The first-order chi connectivity index (χ1) is 9.24. The lowest BCUT2D eigenvalue weighted by Crippen LogP contribution is -1.85. The number of hydrogen-bond acceptors (Lipinski definition) is 3. The average molecular weight is 266 g/mol. The highest BCUT2D eigenvalue weighted by molar-refractivity contribution is 7.19. The summed E-state index contributed by atoms with van der Waals surface area (Å²) in [5.74, 6) is 0. The molecule has 19 heavy (non-hydrogen) atoms. The third kappa shape index (κ3) is 2.37. The molecule has 1 heterocycles. The number of nitrogens with zero attached hydrogens (tertiary/aromatic N) is 1. The summed E-state index contributed by atoms with van der Waals surface area (Å²) in [4.78, 5) is 4.68. The van der Waals surface area contributed by atoms with E-state index in [9.17, 15) is 0 Å². The summed E-state index contributed by atoms with van der Waals surface area (Å²) in [6, 6.07) is 18.4. The zero-order valence-corrected chi connectivity index (χ0v) is 11.4. The molecule has 0 fully saturated rings. The van der Waals surface area contributed by atoms with Crippen LogP contribution in [0.25, 0.3) is 21.8 Å². The predicted molar refractivity (Wildman–Crippen MR) is 82.1 cm³/mol. The van der Waals surface area contributed by atoms with Crippen LogP contribution in [0.1, 0.15) is 5.56 Å². The number of nitrogens with two attached hydrogens (primary N) is 1. The number of aromatic nitrogens is 1. The second kappa shape index (κ2) is 4.86. The van der Waals surface area contributed by atoms with Gasteiger partial charge in [-0.2, -0.15) is 0 Å². The summed E-state index contributed by atoms with van der Waals surface area (Å²) >= 11 is 1.54. The van der Waals surface area contributed by atoms with Crippen molar-refractivity contribution in [1.29, 1.82) is 0 Å².